The number of carbonyl (C=O) groups is 2. The van der Waals surface area contributed by atoms with Gasteiger partial charge in [0, 0.05) is 32.1 Å². The SMILES string of the molecule is CCCc1ccc(OCC(=O)N2CCCN(C(=O)C3CCCCC3)CC2)cc1. The number of carbonyl (C=O) groups excluding carboxylic acids is 2. The molecule has 0 bridgehead atoms. The van der Waals surface area contributed by atoms with Gasteiger partial charge in [0.15, 0.2) is 6.61 Å². The van der Waals surface area contributed by atoms with E-state index in [1.807, 2.05) is 21.9 Å². The summed E-state index contributed by atoms with van der Waals surface area (Å²) in [5.74, 6) is 1.24. The van der Waals surface area contributed by atoms with Crippen molar-refractivity contribution in [2.45, 2.75) is 58.3 Å². The molecule has 0 radical (unpaired) electrons. The zero-order valence-electron chi connectivity index (χ0n) is 17.2. The van der Waals surface area contributed by atoms with Gasteiger partial charge in [0.2, 0.25) is 5.91 Å². The largest absolute Gasteiger partial charge is 0.484 e. The summed E-state index contributed by atoms with van der Waals surface area (Å²) in [6, 6.07) is 7.99. The number of hydrogen-bond acceptors (Lipinski definition) is 3. The first kappa shape index (κ1) is 20.7. The van der Waals surface area contributed by atoms with E-state index in [0.29, 0.717) is 25.5 Å². The molecule has 1 aromatic rings. The summed E-state index contributed by atoms with van der Waals surface area (Å²) in [5.41, 5.74) is 1.29. The van der Waals surface area contributed by atoms with Gasteiger partial charge in [-0.1, -0.05) is 44.7 Å². The Morgan fingerprint density at radius 2 is 1.61 bits per heavy atom. The summed E-state index contributed by atoms with van der Waals surface area (Å²) in [5, 5.41) is 0. The lowest BCUT2D eigenvalue weighted by Gasteiger charge is -2.28. The van der Waals surface area contributed by atoms with Crippen LogP contribution < -0.4 is 4.74 Å². The van der Waals surface area contributed by atoms with E-state index in [4.69, 9.17) is 4.74 Å². The van der Waals surface area contributed by atoms with Gasteiger partial charge in [-0.2, -0.15) is 0 Å². The summed E-state index contributed by atoms with van der Waals surface area (Å²) in [4.78, 5) is 29.2. The van der Waals surface area contributed by atoms with Crippen LogP contribution in [0, 0.1) is 5.92 Å². The summed E-state index contributed by atoms with van der Waals surface area (Å²) in [6.07, 6.45) is 8.68. The maximum Gasteiger partial charge on any atom is 0.260 e. The molecule has 0 aromatic heterocycles. The molecule has 0 unspecified atom stereocenters. The van der Waals surface area contributed by atoms with Crippen LogP contribution in [0.15, 0.2) is 24.3 Å². The molecule has 1 aromatic carbocycles. The van der Waals surface area contributed by atoms with Crippen molar-refractivity contribution in [1.29, 1.82) is 0 Å². The fourth-order valence-corrected chi connectivity index (χ4v) is 4.27. The van der Waals surface area contributed by atoms with E-state index in [1.54, 1.807) is 0 Å². The molecule has 1 saturated heterocycles. The Labute approximate surface area is 169 Å². The molecular formula is C23H34N2O3. The van der Waals surface area contributed by atoms with E-state index in [0.717, 1.165) is 44.4 Å². The second-order valence-corrected chi connectivity index (χ2v) is 8.08. The first-order chi connectivity index (χ1) is 13.7. The van der Waals surface area contributed by atoms with Gasteiger partial charge in [0.25, 0.3) is 5.91 Å². The van der Waals surface area contributed by atoms with Crippen molar-refractivity contribution in [1.82, 2.24) is 9.80 Å². The number of benzene rings is 1. The molecule has 2 fully saturated rings. The molecule has 1 saturated carbocycles. The smallest absolute Gasteiger partial charge is 0.260 e. The Morgan fingerprint density at radius 1 is 0.929 bits per heavy atom. The first-order valence-electron chi connectivity index (χ1n) is 11.0. The number of rotatable bonds is 6. The van der Waals surface area contributed by atoms with Gasteiger partial charge >= 0.3 is 0 Å². The van der Waals surface area contributed by atoms with Crippen LogP contribution in [-0.2, 0) is 16.0 Å². The van der Waals surface area contributed by atoms with Crippen molar-refractivity contribution in [3.05, 3.63) is 29.8 Å². The van der Waals surface area contributed by atoms with E-state index >= 15 is 0 Å². The predicted molar refractivity (Wildman–Crippen MR) is 110 cm³/mol. The molecule has 3 rings (SSSR count). The monoisotopic (exact) mass is 386 g/mol. The highest BCUT2D eigenvalue weighted by Crippen LogP contribution is 2.26. The van der Waals surface area contributed by atoms with Crippen LogP contribution in [-0.4, -0.2) is 54.4 Å². The highest BCUT2D eigenvalue weighted by Gasteiger charge is 2.28. The molecule has 5 heteroatoms. The summed E-state index contributed by atoms with van der Waals surface area (Å²) < 4.78 is 5.69. The van der Waals surface area contributed by atoms with E-state index < -0.39 is 0 Å². The van der Waals surface area contributed by atoms with Gasteiger partial charge in [-0.05, 0) is 43.4 Å². The summed E-state index contributed by atoms with van der Waals surface area (Å²) >= 11 is 0. The van der Waals surface area contributed by atoms with Crippen molar-refractivity contribution >= 4 is 11.8 Å². The van der Waals surface area contributed by atoms with Crippen molar-refractivity contribution in [3.8, 4) is 5.75 Å². The average molecular weight is 387 g/mol. The fourth-order valence-electron chi connectivity index (χ4n) is 4.27. The van der Waals surface area contributed by atoms with Crippen LogP contribution in [0.3, 0.4) is 0 Å². The molecule has 154 valence electrons. The maximum absolute atomic E-state index is 12.8. The maximum atomic E-state index is 12.8. The molecule has 0 spiro atoms. The van der Waals surface area contributed by atoms with Crippen LogP contribution in [0.1, 0.15) is 57.4 Å². The molecule has 28 heavy (non-hydrogen) atoms. The van der Waals surface area contributed by atoms with Gasteiger partial charge in [0.05, 0.1) is 0 Å². The standard InChI is InChI=1S/C23H34N2O3/c1-2-7-19-10-12-21(13-11-19)28-18-22(26)24-14-6-15-25(17-16-24)23(27)20-8-4-3-5-9-20/h10-13,20H,2-9,14-18H2,1H3. The van der Waals surface area contributed by atoms with Crippen LogP contribution in [0.5, 0.6) is 5.75 Å². The van der Waals surface area contributed by atoms with Crippen molar-refractivity contribution in [2.75, 3.05) is 32.8 Å². The lowest BCUT2D eigenvalue weighted by molar-refractivity contribution is -0.137. The third kappa shape index (κ3) is 5.73. The highest BCUT2D eigenvalue weighted by atomic mass is 16.5. The van der Waals surface area contributed by atoms with E-state index in [9.17, 15) is 9.59 Å². The van der Waals surface area contributed by atoms with Crippen molar-refractivity contribution in [3.63, 3.8) is 0 Å². The van der Waals surface area contributed by atoms with Crippen molar-refractivity contribution < 1.29 is 14.3 Å². The molecular weight excluding hydrogens is 352 g/mol. The minimum Gasteiger partial charge on any atom is -0.484 e. The number of nitrogens with zero attached hydrogens (tertiary/aromatic N) is 2. The molecule has 5 nitrogen and oxygen atoms in total. The van der Waals surface area contributed by atoms with E-state index in [1.165, 1.54) is 24.8 Å². The third-order valence-electron chi connectivity index (χ3n) is 5.94. The van der Waals surface area contributed by atoms with Gasteiger partial charge in [-0.25, -0.2) is 0 Å². The van der Waals surface area contributed by atoms with E-state index in [-0.39, 0.29) is 18.4 Å². The number of aryl methyl sites for hydroxylation is 1. The predicted octanol–water partition coefficient (Wildman–Crippen LogP) is 3.66. The quantitative estimate of drug-likeness (QED) is 0.750. The number of amides is 2. The van der Waals surface area contributed by atoms with Gasteiger partial charge in [0.1, 0.15) is 5.75 Å². The average Bonchev–Trinajstić information content (AvgIpc) is 3.00. The molecule has 1 aliphatic heterocycles. The first-order valence-corrected chi connectivity index (χ1v) is 11.0. The Hall–Kier alpha value is -2.04. The lowest BCUT2D eigenvalue weighted by atomic mass is 9.88. The second kappa shape index (κ2) is 10.5. The Bertz CT molecular complexity index is 638. The molecule has 2 amide bonds. The van der Waals surface area contributed by atoms with Crippen molar-refractivity contribution in [2.24, 2.45) is 5.92 Å². The summed E-state index contributed by atoms with van der Waals surface area (Å²) in [6.45, 7) is 4.94. The zero-order valence-corrected chi connectivity index (χ0v) is 17.2. The van der Waals surface area contributed by atoms with Crippen LogP contribution in [0.2, 0.25) is 0 Å². The molecule has 0 atom stereocenters. The lowest BCUT2D eigenvalue weighted by Crippen LogP contribution is -2.41. The third-order valence-corrected chi connectivity index (χ3v) is 5.94. The molecule has 1 aliphatic carbocycles. The fraction of sp³-hybridized carbons (Fsp3) is 0.652. The summed E-state index contributed by atoms with van der Waals surface area (Å²) in [7, 11) is 0. The van der Waals surface area contributed by atoms with Crippen LogP contribution in [0.25, 0.3) is 0 Å². The molecule has 2 aliphatic rings. The Kier molecular flexibility index (Phi) is 7.75. The Morgan fingerprint density at radius 3 is 2.32 bits per heavy atom. The normalized spacial score (nSPS) is 18.6. The molecule has 1 heterocycles. The zero-order chi connectivity index (χ0) is 19.8. The van der Waals surface area contributed by atoms with Crippen LogP contribution in [0.4, 0.5) is 0 Å². The molecule has 0 N–H and O–H groups in total. The van der Waals surface area contributed by atoms with E-state index in [2.05, 4.69) is 19.1 Å². The second-order valence-electron chi connectivity index (χ2n) is 8.08. The van der Waals surface area contributed by atoms with Gasteiger partial charge in [-0.15, -0.1) is 0 Å². The number of hydrogen-bond donors (Lipinski definition) is 0. The highest BCUT2D eigenvalue weighted by molar-refractivity contribution is 5.80. The number of ether oxygens (including phenoxy) is 1. The Balaban J connectivity index is 1.45. The minimum atomic E-state index is 0.00426. The van der Waals surface area contributed by atoms with Gasteiger partial charge < -0.3 is 14.5 Å². The topological polar surface area (TPSA) is 49.9 Å². The van der Waals surface area contributed by atoms with Crippen LogP contribution >= 0.6 is 0 Å². The van der Waals surface area contributed by atoms with Gasteiger partial charge in [-0.3, -0.25) is 9.59 Å². The minimum absolute atomic E-state index is 0.00426.